The Bertz CT molecular complexity index is 661. The Morgan fingerprint density at radius 2 is 1.90 bits per heavy atom. The molecule has 1 aromatic heterocycles. The molecule has 2 rings (SSSR count). The minimum absolute atomic E-state index is 0.139. The molecule has 0 aliphatic rings. The molecule has 1 aromatic carbocycles. The number of benzene rings is 1. The Morgan fingerprint density at radius 1 is 1.20 bits per heavy atom. The fraction of sp³-hybridized carbons (Fsp3) is 0.267. The van der Waals surface area contributed by atoms with E-state index in [1.54, 1.807) is 25.3 Å². The first-order valence-electron chi connectivity index (χ1n) is 6.11. The van der Waals surface area contributed by atoms with Gasteiger partial charge in [0.05, 0.1) is 30.3 Å². The number of carbonyl (C=O) groups is 1. The maximum atomic E-state index is 12.7. The lowest BCUT2D eigenvalue weighted by Crippen LogP contribution is -2.07. The van der Waals surface area contributed by atoms with Gasteiger partial charge in [-0.2, -0.15) is 0 Å². The van der Waals surface area contributed by atoms with E-state index in [0.29, 0.717) is 27.6 Å². The number of anilines is 1. The first kappa shape index (κ1) is 14.4. The number of carbonyl (C=O) groups excluding carboxylic acids is 1. The molecule has 0 amide bonds. The van der Waals surface area contributed by atoms with Crippen molar-refractivity contribution in [1.82, 2.24) is 0 Å². The first-order valence-corrected chi connectivity index (χ1v) is 6.93. The smallest absolute Gasteiger partial charge is 0.200 e. The van der Waals surface area contributed by atoms with Crippen LogP contribution >= 0.6 is 11.3 Å². The molecule has 1 heterocycles. The van der Waals surface area contributed by atoms with Crippen LogP contribution in [0.25, 0.3) is 0 Å². The third-order valence-electron chi connectivity index (χ3n) is 3.29. The van der Waals surface area contributed by atoms with E-state index in [4.69, 9.17) is 15.2 Å². The van der Waals surface area contributed by atoms with Crippen LogP contribution in [0.5, 0.6) is 11.5 Å². The molecular weight excluding hydrogens is 274 g/mol. The summed E-state index contributed by atoms with van der Waals surface area (Å²) in [4.78, 5) is 13.8. The van der Waals surface area contributed by atoms with E-state index in [9.17, 15) is 4.79 Å². The standard InChI is InChI=1S/C15H17NO3S/c1-8-9(2)20-15(16)13(8)14(17)11-7-10(18-3)5-6-12(11)19-4/h5-7H,16H2,1-4H3. The van der Waals surface area contributed by atoms with Crippen molar-refractivity contribution in [3.63, 3.8) is 0 Å². The van der Waals surface area contributed by atoms with Crippen LogP contribution < -0.4 is 15.2 Å². The molecule has 0 spiro atoms. The monoisotopic (exact) mass is 291 g/mol. The second kappa shape index (κ2) is 5.54. The molecule has 0 bridgehead atoms. The van der Waals surface area contributed by atoms with E-state index in [0.717, 1.165) is 10.4 Å². The van der Waals surface area contributed by atoms with Gasteiger partial charge in [-0.3, -0.25) is 4.79 Å². The van der Waals surface area contributed by atoms with Crippen molar-refractivity contribution in [2.75, 3.05) is 20.0 Å². The summed E-state index contributed by atoms with van der Waals surface area (Å²) >= 11 is 1.43. The Balaban J connectivity index is 2.58. The summed E-state index contributed by atoms with van der Waals surface area (Å²) in [5.74, 6) is 0.982. The maximum absolute atomic E-state index is 12.7. The number of hydrogen-bond donors (Lipinski definition) is 1. The molecule has 2 N–H and O–H groups in total. The number of nitrogens with two attached hydrogens (primary N) is 1. The molecule has 106 valence electrons. The molecule has 0 saturated carbocycles. The quantitative estimate of drug-likeness (QED) is 0.879. The minimum atomic E-state index is -0.139. The molecule has 0 aliphatic heterocycles. The zero-order valence-corrected chi connectivity index (χ0v) is 12.8. The predicted molar refractivity (Wildman–Crippen MR) is 81.2 cm³/mol. The fourth-order valence-corrected chi connectivity index (χ4v) is 2.99. The molecule has 0 radical (unpaired) electrons. The third-order valence-corrected chi connectivity index (χ3v) is 4.33. The number of methoxy groups -OCH3 is 2. The molecule has 4 nitrogen and oxygen atoms in total. The summed E-state index contributed by atoms with van der Waals surface area (Å²) in [7, 11) is 3.10. The van der Waals surface area contributed by atoms with Crippen LogP contribution in [0, 0.1) is 13.8 Å². The number of thiophene rings is 1. The van der Waals surface area contributed by atoms with Gasteiger partial charge in [-0.05, 0) is 37.6 Å². The number of rotatable bonds is 4. The minimum Gasteiger partial charge on any atom is -0.497 e. The summed E-state index contributed by atoms with van der Waals surface area (Å²) in [5.41, 5.74) is 7.90. The van der Waals surface area contributed by atoms with Crippen LogP contribution in [0.15, 0.2) is 18.2 Å². The van der Waals surface area contributed by atoms with Gasteiger partial charge in [0.25, 0.3) is 0 Å². The van der Waals surface area contributed by atoms with Gasteiger partial charge in [0.15, 0.2) is 5.78 Å². The Hall–Kier alpha value is -2.01. The van der Waals surface area contributed by atoms with E-state index in [2.05, 4.69) is 0 Å². The summed E-state index contributed by atoms with van der Waals surface area (Å²) < 4.78 is 10.4. The van der Waals surface area contributed by atoms with Crippen molar-refractivity contribution in [1.29, 1.82) is 0 Å². The predicted octanol–water partition coefficient (Wildman–Crippen LogP) is 3.20. The molecule has 0 fully saturated rings. The van der Waals surface area contributed by atoms with Crippen molar-refractivity contribution in [2.24, 2.45) is 0 Å². The van der Waals surface area contributed by atoms with Crippen LogP contribution in [0.1, 0.15) is 26.4 Å². The molecule has 0 aliphatic carbocycles. The van der Waals surface area contributed by atoms with Gasteiger partial charge in [0, 0.05) is 4.88 Å². The topological polar surface area (TPSA) is 61.5 Å². The molecular formula is C15H17NO3S. The van der Waals surface area contributed by atoms with Crippen LogP contribution in [-0.4, -0.2) is 20.0 Å². The number of aryl methyl sites for hydroxylation is 1. The average molecular weight is 291 g/mol. The van der Waals surface area contributed by atoms with Gasteiger partial charge < -0.3 is 15.2 Å². The summed E-state index contributed by atoms with van der Waals surface area (Å²) in [6.07, 6.45) is 0. The number of nitrogen functional groups attached to an aromatic ring is 1. The van der Waals surface area contributed by atoms with Crippen molar-refractivity contribution >= 4 is 22.1 Å². The van der Waals surface area contributed by atoms with Crippen LogP contribution in [0.4, 0.5) is 5.00 Å². The molecule has 5 heteroatoms. The highest BCUT2D eigenvalue weighted by Gasteiger charge is 2.22. The Morgan fingerprint density at radius 3 is 2.40 bits per heavy atom. The fourth-order valence-electron chi connectivity index (χ4n) is 2.06. The van der Waals surface area contributed by atoms with Crippen molar-refractivity contribution in [2.45, 2.75) is 13.8 Å². The number of hydrogen-bond acceptors (Lipinski definition) is 5. The summed E-state index contributed by atoms with van der Waals surface area (Å²) in [6.45, 7) is 3.86. The van der Waals surface area contributed by atoms with Gasteiger partial charge in [0.1, 0.15) is 11.5 Å². The largest absolute Gasteiger partial charge is 0.497 e. The molecule has 0 atom stereocenters. The SMILES string of the molecule is COc1ccc(OC)c(C(=O)c2c(N)sc(C)c2C)c1. The zero-order chi connectivity index (χ0) is 14.9. The Kier molecular flexibility index (Phi) is 3.99. The molecule has 2 aromatic rings. The molecule has 0 saturated heterocycles. The van der Waals surface area contributed by atoms with Gasteiger partial charge in [-0.25, -0.2) is 0 Å². The number of ether oxygens (including phenoxy) is 2. The van der Waals surface area contributed by atoms with E-state index >= 15 is 0 Å². The van der Waals surface area contributed by atoms with Crippen molar-refractivity contribution in [3.8, 4) is 11.5 Å². The lowest BCUT2D eigenvalue weighted by atomic mass is 10.00. The van der Waals surface area contributed by atoms with E-state index in [-0.39, 0.29) is 5.78 Å². The Labute approximate surface area is 122 Å². The maximum Gasteiger partial charge on any atom is 0.200 e. The van der Waals surface area contributed by atoms with Gasteiger partial charge in [-0.15, -0.1) is 11.3 Å². The van der Waals surface area contributed by atoms with E-state index < -0.39 is 0 Å². The van der Waals surface area contributed by atoms with Gasteiger partial charge >= 0.3 is 0 Å². The molecule has 0 unspecified atom stereocenters. The highest BCUT2D eigenvalue weighted by Crippen LogP contribution is 2.34. The van der Waals surface area contributed by atoms with Crippen molar-refractivity contribution in [3.05, 3.63) is 39.8 Å². The third kappa shape index (κ3) is 2.36. The number of ketones is 1. The van der Waals surface area contributed by atoms with Crippen LogP contribution in [0.2, 0.25) is 0 Å². The van der Waals surface area contributed by atoms with Crippen LogP contribution in [0.3, 0.4) is 0 Å². The van der Waals surface area contributed by atoms with Gasteiger partial charge in [0.2, 0.25) is 0 Å². The lowest BCUT2D eigenvalue weighted by Gasteiger charge is -2.10. The summed E-state index contributed by atoms with van der Waals surface area (Å²) in [6, 6.07) is 5.15. The second-order valence-corrected chi connectivity index (χ2v) is 5.67. The second-order valence-electron chi connectivity index (χ2n) is 4.42. The van der Waals surface area contributed by atoms with Crippen LogP contribution in [-0.2, 0) is 0 Å². The highest BCUT2D eigenvalue weighted by atomic mass is 32.1. The van der Waals surface area contributed by atoms with Gasteiger partial charge in [-0.1, -0.05) is 0 Å². The van der Waals surface area contributed by atoms with E-state index in [1.165, 1.54) is 18.4 Å². The molecule has 20 heavy (non-hydrogen) atoms. The average Bonchev–Trinajstić information content (AvgIpc) is 2.70. The van der Waals surface area contributed by atoms with Crippen molar-refractivity contribution < 1.29 is 14.3 Å². The van der Waals surface area contributed by atoms with E-state index in [1.807, 2.05) is 13.8 Å². The lowest BCUT2D eigenvalue weighted by molar-refractivity contribution is 0.103. The normalized spacial score (nSPS) is 10.4. The summed E-state index contributed by atoms with van der Waals surface area (Å²) in [5, 5.41) is 0.537. The zero-order valence-electron chi connectivity index (χ0n) is 11.9. The first-order chi connectivity index (χ1) is 9.49. The highest BCUT2D eigenvalue weighted by molar-refractivity contribution is 7.16.